The molecule has 0 spiro atoms. The molecule has 1 atom stereocenters. The molecule has 1 aromatic rings. The number of nitrogens with one attached hydrogen (secondary N) is 1. The lowest BCUT2D eigenvalue weighted by molar-refractivity contribution is 0.0168. The van der Waals surface area contributed by atoms with Crippen LogP contribution in [0.2, 0.25) is 0 Å². The van der Waals surface area contributed by atoms with Crippen LogP contribution >= 0.6 is 0 Å². The highest BCUT2D eigenvalue weighted by atomic mass is 19.1. The lowest BCUT2D eigenvalue weighted by Gasteiger charge is -2.22. The maximum Gasteiger partial charge on any atom is 0.126 e. The molecule has 3 heteroatoms. The Morgan fingerprint density at radius 1 is 1.41 bits per heavy atom. The molecule has 2 nitrogen and oxygen atoms in total. The molecule has 0 aromatic heterocycles. The van der Waals surface area contributed by atoms with Crippen LogP contribution in [0.3, 0.4) is 0 Å². The van der Waals surface area contributed by atoms with E-state index >= 15 is 0 Å². The molecule has 1 aliphatic rings. The van der Waals surface area contributed by atoms with Crippen molar-refractivity contribution >= 4 is 0 Å². The van der Waals surface area contributed by atoms with Gasteiger partial charge in [-0.15, -0.1) is 0 Å². The van der Waals surface area contributed by atoms with Crippen molar-refractivity contribution in [2.45, 2.75) is 38.8 Å². The zero-order chi connectivity index (χ0) is 12.1. The Morgan fingerprint density at radius 3 is 3.00 bits per heavy atom. The summed E-state index contributed by atoms with van der Waals surface area (Å²) in [6.45, 7) is 4.35. The molecule has 1 N–H and O–H groups in total. The summed E-state index contributed by atoms with van der Waals surface area (Å²) in [5.74, 6) is -0.135. The summed E-state index contributed by atoms with van der Waals surface area (Å²) in [6.07, 6.45) is 3.95. The standard InChI is InChI=1S/C14H20FNO/c1-11-8-12(5-6-14(11)15)9-16-10-13-4-2-3-7-17-13/h5-6,8,13,16H,2-4,7,9-10H2,1H3. The third-order valence-corrected chi connectivity index (χ3v) is 3.20. The van der Waals surface area contributed by atoms with Crippen molar-refractivity contribution in [3.63, 3.8) is 0 Å². The smallest absolute Gasteiger partial charge is 0.126 e. The Balaban J connectivity index is 1.75. The third kappa shape index (κ3) is 3.79. The zero-order valence-electron chi connectivity index (χ0n) is 10.3. The highest BCUT2D eigenvalue weighted by molar-refractivity contribution is 5.23. The molecule has 1 unspecified atom stereocenters. The van der Waals surface area contributed by atoms with Gasteiger partial charge >= 0.3 is 0 Å². The molecule has 1 aliphatic heterocycles. The van der Waals surface area contributed by atoms with E-state index in [1.165, 1.54) is 18.9 Å². The van der Waals surface area contributed by atoms with Crippen molar-refractivity contribution in [2.75, 3.05) is 13.2 Å². The molecule has 1 heterocycles. The second kappa shape index (κ2) is 6.12. The molecule has 0 saturated carbocycles. The van der Waals surface area contributed by atoms with Gasteiger partial charge in [0, 0.05) is 19.7 Å². The van der Waals surface area contributed by atoms with Crippen molar-refractivity contribution in [2.24, 2.45) is 0 Å². The van der Waals surface area contributed by atoms with Crippen LogP contribution in [0.15, 0.2) is 18.2 Å². The molecule has 1 fully saturated rings. The quantitative estimate of drug-likeness (QED) is 0.869. The molecular formula is C14H20FNO. The van der Waals surface area contributed by atoms with Gasteiger partial charge < -0.3 is 10.1 Å². The number of ether oxygens (including phenoxy) is 1. The summed E-state index contributed by atoms with van der Waals surface area (Å²) < 4.78 is 18.7. The molecule has 94 valence electrons. The molecule has 2 rings (SSSR count). The number of hydrogen-bond donors (Lipinski definition) is 1. The summed E-state index contributed by atoms with van der Waals surface area (Å²) in [5.41, 5.74) is 1.83. The van der Waals surface area contributed by atoms with Crippen molar-refractivity contribution in [3.8, 4) is 0 Å². The monoisotopic (exact) mass is 237 g/mol. The van der Waals surface area contributed by atoms with E-state index in [1.54, 1.807) is 6.92 Å². The van der Waals surface area contributed by atoms with Crippen LogP contribution in [0.25, 0.3) is 0 Å². The van der Waals surface area contributed by atoms with E-state index in [1.807, 2.05) is 12.1 Å². The van der Waals surface area contributed by atoms with Crippen molar-refractivity contribution in [1.29, 1.82) is 0 Å². The van der Waals surface area contributed by atoms with Gasteiger partial charge in [-0.2, -0.15) is 0 Å². The summed E-state index contributed by atoms with van der Waals surface area (Å²) in [4.78, 5) is 0. The van der Waals surface area contributed by atoms with E-state index in [0.717, 1.165) is 31.7 Å². The van der Waals surface area contributed by atoms with E-state index in [2.05, 4.69) is 5.32 Å². The lowest BCUT2D eigenvalue weighted by Crippen LogP contribution is -2.31. The second-order valence-electron chi connectivity index (χ2n) is 4.70. The predicted octanol–water partition coefficient (Wildman–Crippen LogP) is 2.79. The average Bonchev–Trinajstić information content (AvgIpc) is 2.35. The summed E-state index contributed by atoms with van der Waals surface area (Å²) in [6, 6.07) is 5.25. The Bertz CT molecular complexity index is 361. The van der Waals surface area contributed by atoms with Gasteiger partial charge in [0.2, 0.25) is 0 Å². The fourth-order valence-corrected chi connectivity index (χ4v) is 2.16. The molecule has 0 aliphatic carbocycles. The first-order valence-electron chi connectivity index (χ1n) is 6.33. The SMILES string of the molecule is Cc1cc(CNCC2CCCCO2)ccc1F. The summed E-state index contributed by atoms with van der Waals surface area (Å²) in [5, 5.41) is 3.37. The summed E-state index contributed by atoms with van der Waals surface area (Å²) in [7, 11) is 0. The van der Waals surface area contributed by atoms with Gasteiger partial charge in [-0.3, -0.25) is 0 Å². The third-order valence-electron chi connectivity index (χ3n) is 3.20. The van der Waals surface area contributed by atoms with Crippen LogP contribution in [0.5, 0.6) is 0 Å². The van der Waals surface area contributed by atoms with Gasteiger partial charge in [0.1, 0.15) is 5.82 Å². The van der Waals surface area contributed by atoms with E-state index in [-0.39, 0.29) is 5.82 Å². The van der Waals surface area contributed by atoms with Gasteiger partial charge in [-0.25, -0.2) is 4.39 Å². The number of rotatable bonds is 4. The normalized spacial score (nSPS) is 20.5. The van der Waals surface area contributed by atoms with E-state index in [0.29, 0.717) is 11.7 Å². The van der Waals surface area contributed by atoms with Crippen molar-refractivity contribution < 1.29 is 9.13 Å². The van der Waals surface area contributed by atoms with Crippen molar-refractivity contribution in [3.05, 3.63) is 35.1 Å². The van der Waals surface area contributed by atoms with Gasteiger partial charge in [0.05, 0.1) is 6.10 Å². The zero-order valence-corrected chi connectivity index (χ0v) is 10.3. The Morgan fingerprint density at radius 2 is 2.29 bits per heavy atom. The first-order valence-corrected chi connectivity index (χ1v) is 6.33. The van der Waals surface area contributed by atoms with Crippen LogP contribution in [-0.4, -0.2) is 19.3 Å². The predicted molar refractivity (Wildman–Crippen MR) is 66.4 cm³/mol. The minimum absolute atomic E-state index is 0.135. The number of benzene rings is 1. The maximum absolute atomic E-state index is 13.1. The summed E-state index contributed by atoms with van der Waals surface area (Å²) >= 11 is 0. The van der Waals surface area contributed by atoms with Gasteiger partial charge in [-0.1, -0.05) is 12.1 Å². The largest absolute Gasteiger partial charge is 0.377 e. The van der Waals surface area contributed by atoms with Crippen molar-refractivity contribution in [1.82, 2.24) is 5.32 Å². The number of hydrogen-bond acceptors (Lipinski definition) is 2. The average molecular weight is 237 g/mol. The van der Waals surface area contributed by atoms with Crippen LogP contribution < -0.4 is 5.32 Å². The highest BCUT2D eigenvalue weighted by Gasteiger charge is 2.12. The first-order chi connectivity index (χ1) is 8.25. The molecule has 0 amide bonds. The van der Waals surface area contributed by atoms with Crippen LogP contribution in [0.1, 0.15) is 30.4 Å². The molecular weight excluding hydrogens is 217 g/mol. The first kappa shape index (κ1) is 12.5. The Hall–Kier alpha value is -0.930. The Kier molecular flexibility index (Phi) is 4.51. The highest BCUT2D eigenvalue weighted by Crippen LogP contribution is 2.12. The van der Waals surface area contributed by atoms with E-state index in [4.69, 9.17) is 4.74 Å². The van der Waals surface area contributed by atoms with E-state index < -0.39 is 0 Å². The Labute approximate surface area is 102 Å². The molecule has 1 saturated heterocycles. The minimum atomic E-state index is -0.135. The number of aryl methyl sites for hydroxylation is 1. The molecule has 0 radical (unpaired) electrons. The van der Waals surface area contributed by atoms with Gasteiger partial charge in [-0.05, 0) is 43.4 Å². The fourth-order valence-electron chi connectivity index (χ4n) is 2.16. The fraction of sp³-hybridized carbons (Fsp3) is 0.571. The maximum atomic E-state index is 13.1. The van der Waals surface area contributed by atoms with Crippen LogP contribution in [0, 0.1) is 12.7 Å². The topological polar surface area (TPSA) is 21.3 Å². The second-order valence-corrected chi connectivity index (χ2v) is 4.70. The number of halogens is 1. The van der Waals surface area contributed by atoms with Crippen LogP contribution in [0.4, 0.5) is 4.39 Å². The minimum Gasteiger partial charge on any atom is -0.377 e. The molecule has 1 aromatic carbocycles. The van der Waals surface area contributed by atoms with Crippen LogP contribution in [-0.2, 0) is 11.3 Å². The molecule has 17 heavy (non-hydrogen) atoms. The van der Waals surface area contributed by atoms with E-state index in [9.17, 15) is 4.39 Å². The lowest BCUT2D eigenvalue weighted by atomic mass is 10.1. The van der Waals surface area contributed by atoms with Gasteiger partial charge in [0.15, 0.2) is 0 Å². The molecule has 0 bridgehead atoms. The van der Waals surface area contributed by atoms with Gasteiger partial charge in [0.25, 0.3) is 0 Å².